The number of fused-ring (bicyclic) bond motifs is 4. The molecule has 0 saturated carbocycles. The van der Waals surface area contributed by atoms with Crippen molar-refractivity contribution in [1.29, 1.82) is 0 Å². The Bertz CT molecular complexity index is 1330. The van der Waals surface area contributed by atoms with Gasteiger partial charge in [-0.05, 0) is 24.5 Å². The number of hydrogen-bond donors (Lipinski definition) is 2. The maximum atomic E-state index is 13.3. The van der Waals surface area contributed by atoms with E-state index >= 15 is 0 Å². The van der Waals surface area contributed by atoms with Gasteiger partial charge >= 0.3 is 11.9 Å². The number of hydrogen-bond acceptors (Lipinski definition) is 10. The van der Waals surface area contributed by atoms with Crippen LogP contribution in [0.4, 0.5) is 0 Å². The van der Waals surface area contributed by atoms with Crippen LogP contribution in [0.1, 0.15) is 97.1 Å². The molecule has 10 nitrogen and oxygen atoms in total. The van der Waals surface area contributed by atoms with Crippen LogP contribution in [0.5, 0.6) is 28.7 Å². The summed E-state index contributed by atoms with van der Waals surface area (Å²) < 4.78 is 29.3. The second kappa shape index (κ2) is 11.5. The summed E-state index contributed by atoms with van der Waals surface area (Å²) in [5.41, 5.74) is 0.408. The monoisotopic (exact) mass is 554 g/mol. The predicted octanol–water partition coefficient (Wildman–Crippen LogP) is 5.48. The van der Waals surface area contributed by atoms with Gasteiger partial charge in [0.1, 0.15) is 34.2 Å². The topological polar surface area (TPSA) is 138 Å². The SMILES string of the molecule is CCCCCC(=O)Cc1cc(O)cc2c1C(=O)Oc1cc(O)c3c(c1O2)CC1(CCC(OCCCC)O1)OC3=O. The summed E-state index contributed by atoms with van der Waals surface area (Å²) in [6, 6.07) is 3.73. The molecule has 0 bridgehead atoms. The van der Waals surface area contributed by atoms with Crippen molar-refractivity contribution in [3.8, 4) is 28.7 Å². The zero-order valence-corrected chi connectivity index (χ0v) is 22.7. The Morgan fingerprint density at radius 1 is 1.00 bits per heavy atom. The minimum absolute atomic E-state index is 0.000634. The first-order valence-corrected chi connectivity index (χ1v) is 13.9. The summed E-state index contributed by atoms with van der Waals surface area (Å²) in [6.07, 6.45) is 5.06. The van der Waals surface area contributed by atoms with E-state index in [1.807, 2.05) is 6.92 Å². The van der Waals surface area contributed by atoms with Crippen molar-refractivity contribution in [2.75, 3.05) is 6.61 Å². The fourth-order valence-corrected chi connectivity index (χ4v) is 5.41. The van der Waals surface area contributed by atoms with Gasteiger partial charge < -0.3 is 33.9 Å². The van der Waals surface area contributed by atoms with Crippen LogP contribution in [0.3, 0.4) is 0 Å². The Labute approximate surface area is 232 Å². The first-order chi connectivity index (χ1) is 19.2. The summed E-state index contributed by atoms with van der Waals surface area (Å²) in [6.45, 7) is 4.61. The van der Waals surface area contributed by atoms with Gasteiger partial charge in [0.2, 0.25) is 5.79 Å². The van der Waals surface area contributed by atoms with Gasteiger partial charge in [-0.25, -0.2) is 9.59 Å². The van der Waals surface area contributed by atoms with Crippen molar-refractivity contribution >= 4 is 17.7 Å². The van der Waals surface area contributed by atoms with E-state index in [2.05, 4.69) is 6.92 Å². The number of carbonyl (C=O) groups excluding carboxylic acids is 3. The molecule has 0 radical (unpaired) electrons. The molecule has 2 aromatic carbocycles. The van der Waals surface area contributed by atoms with Crippen LogP contribution in [-0.4, -0.2) is 46.6 Å². The first kappa shape index (κ1) is 27.9. The molecular weight excluding hydrogens is 520 g/mol. The van der Waals surface area contributed by atoms with E-state index in [4.69, 9.17) is 23.7 Å². The fraction of sp³-hybridized carbons (Fsp3) is 0.500. The van der Waals surface area contributed by atoms with Crippen LogP contribution in [0.25, 0.3) is 0 Å². The number of rotatable bonds is 10. The molecule has 0 aromatic heterocycles. The molecule has 1 fully saturated rings. The van der Waals surface area contributed by atoms with E-state index in [0.29, 0.717) is 25.9 Å². The molecule has 3 heterocycles. The highest BCUT2D eigenvalue weighted by molar-refractivity contribution is 6.01. The zero-order valence-electron chi connectivity index (χ0n) is 22.7. The van der Waals surface area contributed by atoms with E-state index in [-0.39, 0.29) is 63.9 Å². The molecule has 2 N–H and O–H groups in total. The van der Waals surface area contributed by atoms with Crippen molar-refractivity contribution in [3.05, 3.63) is 40.5 Å². The number of benzene rings is 2. The van der Waals surface area contributed by atoms with Gasteiger partial charge in [-0.3, -0.25) is 4.79 Å². The minimum atomic E-state index is -1.33. The maximum absolute atomic E-state index is 13.3. The summed E-state index contributed by atoms with van der Waals surface area (Å²) in [5.74, 6) is -3.74. The summed E-state index contributed by atoms with van der Waals surface area (Å²) in [4.78, 5) is 39.0. The van der Waals surface area contributed by atoms with Crippen LogP contribution < -0.4 is 9.47 Å². The van der Waals surface area contributed by atoms with Crippen LogP contribution in [-0.2, 0) is 31.8 Å². The molecule has 5 rings (SSSR count). The Balaban J connectivity index is 1.49. The van der Waals surface area contributed by atoms with Gasteiger partial charge in [0.25, 0.3) is 0 Å². The Hall–Kier alpha value is -3.63. The highest BCUT2D eigenvalue weighted by Crippen LogP contribution is 2.51. The van der Waals surface area contributed by atoms with E-state index < -0.39 is 29.8 Å². The number of carbonyl (C=O) groups is 3. The highest BCUT2D eigenvalue weighted by Gasteiger charge is 2.50. The maximum Gasteiger partial charge on any atom is 0.347 e. The molecule has 10 heteroatoms. The van der Waals surface area contributed by atoms with E-state index in [0.717, 1.165) is 38.2 Å². The number of phenolic OH excluding ortho intramolecular Hbond substituents is 2. The number of Topliss-reactive ketones (excluding diaryl/α,β-unsaturated/α-hetero) is 1. The van der Waals surface area contributed by atoms with Crippen LogP contribution in [0.15, 0.2) is 18.2 Å². The van der Waals surface area contributed by atoms with Crippen molar-refractivity contribution in [2.24, 2.45) is 0 Å². The molecule has 2 aromatic rings. The number of unbranched alkanes of at least 4 members (excludes halogenated alkanes) is 3. The van der Waals surface area contributed by atoms with Crippen LogP contribution >= 0.6 is 0 Å². The van der Waals surface area contributed by atoms with Crippen molar-refractivity contribution in [3.63, 3.8) is 0 Å². The number of phenols is 2. The van der Waals surface area contributed by atoms with Crippen molar-refractivity contribution in [2.45, 2.75) is 90.1 Å². The lowest BCUT2D eigenvalue weighted by Crippen LogP contribution is -2.42. The molecule has 0 aliphatic carbocycles. The second-order valence-corrected chi connectivity index (χ2v) is 10.5. The van der Waals surface area contributed by atoms with Gasteiger partial charge in [0.05, 0.1) is 0 Å². The molecule has 40 heavy (non-hydrogen) atoms. The third kappa shape index (κ3) is 5.51. The number of esters is 2. The summed E-state index contributed by atoms with van der Waals surface area (Å²) >= 11 is 0. The molecule has 3 aliphatic heterocycles. The lowest BCUT2D eigenvalue weighted by Gasteiger charge is -2.34. The van der Waals surface area contributed by atoms with Crippen LogP contribution in [0, 0.1) is 0 Å². The summed E-state index contributed by atoms with van der Waals surface area (Å²) in [5, 5.41) is 21.2. The highest BCUT2D eigenvalue weighted by atomic mass is 16.8. The molecule has 2 atom stereocenters. The Morgan fingerprint density at radius 3 is 2.58 bits per heavy atom. The molecule has 1 spiro atoms. The van der Waals surface area contributed by atoms with Gasteiger partial charge in [-0.2, -0.15) is 0 Å². The molecular formula is C30H34O10. The van der Waals surface area contributed by atoms with E-state index in [1.165, 1.54) is 12.1 Å². The van der Waals surface area contributed by atoms with E-state index in [9.17, 15) is 24.6 Å². The second-order valence-electron chi connectivity index (χ2n) is 10.5. The molecule has 214 valence electrons. The number of ketones is 1. The van der Waals surface area contributed by atoms with Gasteiger partial charge in [0, 0.05) is 56.4 Å². The molecule has 2 unspecified atom stereocenters. The van der Waals surface area contributed by atoms with Crippen molar-refractivity contribution < 1.29 is 48.3 Å². The number of aromatic hydroxyl groups is 2. The van der Waals surface area contributed by atoms with Crippen LogP contribution in [0.2, 0.25) is 0 Å². The normalized spacial score (nSPS) is 21.1. The van der Waals surface area contributed by atoms with Gasteiger partial charge in [0.15, 0.2) is 17.8 Å². The molecule has 3 aliphatic rings. The fourth-order valence-electron chi connectivity index (χ4n) is 5.41. The largest absolute Gasteiger partial charge is 0.508 e. The zero-order chi connectivity index (χ0) is 28.4. The minimum Gasteiger partial charge on any atom is -0.508 e. The Morgan fingerprint density at radius 2 is 1.80 bits per heavy atom. The molecule has 0 amide bonds. The smallest absolute Gasteiger partial charge is 0.347 e. The lowest BCUT2D eigenvalue weighted by atomic mass is 9.92. The lowest BCUT2D eigenvalue weighted by molar-refractivity contribution is -0.250. The third-order valence-corrected chi connectivity index (χ3v) is 7.40. The van der Waals surface area contributed by atoms with Crippen molar-refractivity contribution in [1.82, 2.24) is 0 Å². The van der Waals surface area contributed by atoms with E-state index in [1.54, 1.807) is 0 Å². The third-order valence-electron chi connectivity index (χ3n) is 7.40. The molecule has 1 saturated heterocycles. The van der Waals surface area contributed by atoms with Gasteiger partial charge in [-0.1, -0.05) is 33.1 Å². The average molecular weight is 555 g/mol. The predicted molar refractivity (Wildman–Crippen MR) is 141 cm³/mol. The summed E-state index contributed by atoms with van der Waals surface area (Å²) in [7, 11) is 0. The first-order valence-electron chi connectivity index (χ1n) is 13.9. The number of ether oxygens (including phenoxy) is 5. The average Bonchev–Trinajstić information content (AvgIpc) is 3.20. The van der Waals surface area contributed by atoms with Gasteiger partial charge in [-0.15, -0.1) is 0 Å². The standard InChI is InChI=1S/C30H34O10/c1-3-5-7-8-18(31)12-17-13-19(32)14-22-25(17)28(34)38-23-15-21(33)26-20(27(23)37-22)16-30(40-29(26)35)10-9-24(39-30)36-11-6-4-2/h13-15,24,32-33H,3-12,16H2,1-2H3. The quantitative estimate of drug-likeness (QED) is 0.221. The Kier molecular flexibility index (Phi) is 8.00.